The zero-order chi connectivity index (χ0) is 23.7. The largest absolute Gasteiger partial charge is 0.383 e. The van der Waals surface area contributed by atoms with Crippen LogP contribution in [0.3, 0.4) is 0 Å². The number of hydrogen-bond acceptors (Lipinski definition) is 5. The second kappa shape index (κ2) is 11.7. The van der Waals surface area contributed by atoms with Crippen LogP contribution in [0.5, 0.6) is 0 Å². The highest BCUT2D eigenvalue weighted by Crippen LogP contribution is 2.24. The van der Waals surface area contributed by atoms with Crippen molar-refractivity contribution in [1.29, 1.82) is 0 Å². The molecule has 2 rings (SSSR count). The fourth-order valence-electron chi connectivity index (χ4n) is 2.99. The van der Waals surface area contributed by atoms with Gasteiger partial charge in [0.2, 0.25) is 21.8 Å². The number of halogens is 1. The van der Waals surface area contributed by atoms with E-state index in [0.29, 0.717) is 11.1 Å². The molecule has 174 valence electrons. The van der Waals surface area contributed by atoms with Gasteiger partial charge in [-0.2, -0.15) is 4.31 Å². The molecule has 1 N–H and O–H groups in total. The molecule has 0 saturated carbocycles. The lowest BCUT2D eigenvalue weighted by atomic mass is 10.0. The van der Waals surface area contributed by atoms with Crippen molar-refractivity contribution >= 4 is 21.8 Å². The van der Waals surface area contributed by atoms with E-state index in [2.05, 4.69) is 5.32 Å². The first-order valence-corrected chi connectivity index (χ1v) is 11.7. The van der Waals surface area contributed by atoms with Crippen LogP contribution in [0.25, 0.3) is 0 Å². The fourth-order valence-corrected chi connectivity index (χ4v) is 3.33. The highest BCUT2D eigenvalue weighted by molar-refractivity contribution is 7.88. The van der Waals surface area contributed by atoms with E-state index in [4.69, 9.17) is 4.74 Å². The van der Waals surface area contributed by atoms with Gasteiger partial charge < -0.3 is 15.0 Å². The number of carbonyl (C=O) groups excluding carboxylic acids is 2. The van der Waals surface area contributed by atoms with Gasteiger partial charge in [-0.1, -0.05) is 42.5 Å². The Morgan fingerprint density at radius 3 is 2.28 bits per heavy atom. The molecule has 0 bridgehead atoms. The zero-order valence-electron chi connectivity index (χ0n) is 18.3. The van der Waals surface area contributed by atoms with Crippen molar-refractivity contribution in [2.45, 2.75) is 12.6 Å². The van der Waals surface area contributed by atoms with Crippen molar-refractivity contribution in [3.63, 3.8) is 0 Å². The van der Waals surface area contributed by atoms with E-state index in [1.54, 1.807) is 30.3 Å². The van der Waals surface area contributed by atoms with Gasteiger partial charge >= 0.3 is 0 Å². The maximum absolute atomic E-state index is 13.4. The summed E-state index contributed by atoms with van der Waals surface area (Å²) in [5.41, 5.74) is 1.15. The minimum absolute atomic E-state index is 0.0199. The smallest absolute Gasteiger partial charge is 0.247 e. The van der Waals surface area contributed by atoms with Crippen LogP contribution in [0, 0.1) is 5.82 Å². The third-order valence-corrected chi connectivity index (χ3v) is 6.05. The number of hydrogen-bond donors (Lipinski definition) is 1. The van der Waals surface area contributed by atoms with Gasteiger partial charge in [-0.3, -0.25) is 9.59 Å². The van der Waals surface area contributed by atoms with Gasteiger partial charge in [0.1, 0.15) is 11.9 Å². The second-order valence-corrected chi connectivity index (χ2v) is 9.35. The maximum Gasteiger partial charge on any atom is 0.247 e. The summed E-state index contributed by atoms with van der Waals surface area (Å²) in [5.74, 6) is -1.44. The topological polar surface area (TPSA) is 96.0 Å². The summed E-state index contributed by atoms with van der Waals surface area (Å²) in [5, 5.41) is 2.75. The van der Waals surface area contributed by atoms with Crippen molar-refractivity contribution in [2.75, 3.05) is 40.1 Å². The molecule has 0 aliphatic rings. The van der Waals surface area contributed by atoms with Gasteiger partial charge in [-0.25, -0.2) is 12.8 Å². The number of benzene rings is 2. The molecule has 0 radical (unpaired) electrons. The Hall–Kier alpha value is -2.82. The lowest BCUT2D eigenvalue weighted by molar-refractivity contribution is -0.141. The maximum atomic E-state index is 13.4. The normalized spacial score (nSPS) is 12.4. The number of ether oxygens (including phenoxy) is 1. The highest BCUT2D eigenvalue weighted by atomic mass is 32.2. The lowest BCUT2D eigenvalue weighted by Gasteiger charge is -2.32. The van der Waals surface area contributed by atoms with Crippen LogP contribution in [0.4, 0.5) is 4.39 Å². The lowest BCUT2D eigenvalue weighted by Crippen LogP contribution is -2.47. The highest BCUT2D eigenvalue weighted by Gasteiger charge is 2.32. The average molecular weight is 466 g/mol. The number of carbonyl (C=O) groups is 2. The van der Waals surface area contributed by atoms with Crippen molar-refractivity contribution in [1.82, 2.24) is 14.5 Å². The summed E-state index contributed by atoms with van der Waals surface area (Å²) >= 11 is 0. The summed E-state index contributed by atoms with van der Waals surface area (Å²) in [6, 6.07) is 13.2. The molecule has 2 aromatic carbocycles. The first-order chi connectivity index (χ1) is 15.1. The molecule has 0 aliphatic heterocycles. The second-order valence-electron chi connectivity index (χ2n) is 7.26. The first kappa shape index (κ1) is 25.4. The monoisotopic (exact) mass is 465 g/mol. The minimum atomic E-state index is -3.62. The van der Waals surface area contributed by atoms with Crippen LogP contribution in [-0.4, -0.2) is 69.5 Å². The van der Waals surface area contributed by atoms with E-state index >= 15 is 0 Å². The van der Waals surface area contributed by atoms with Gasteiger partial charge in [-0.05, 0) is 23.3 Å². The van der Waals surface area contributed by atoms with Gasteiger partial charge in [0.05, 0.1) is 19.4 Å². The fraction of sp³-hybridized carbons (Fsp3) is 0.364. The summed E-state index contributed by atoms with van der Waals surface area (Å²) in [6.07, 6.45) is 0.997. The summed E-state index contributed by atoms with van der Waals surface area (Å²) < 4.78 is 43.0. The summed E-state index contributed by atoms with van der Waals surface area (Å²) in [7, 11) is -0.822. The molecular weight excluding hydrogens is 437 g/mol. The van der Waals surface area contributed by atoms with Crippen LogP contribution in [0.2, 0.25) is 0 Å². The molecule has 8 nitrogen and oxygen atoms in total. The molecule has 0 unspecified atom stereocenters. The van der Waals surface area contributed by atoms with E-state index in [1.807, 2.05) is 0 Å². The number of rotatable bonds is 11. The molecule has 1 atom stereocenters. The van der Waals surface area contributed by atoms with Crippen LogP contribution >= 0.6 is 0 Å². The predicted octanol–water partition coefficient (Wildman–Crippen LogP) is 1.55. The van der Waals surface area contributed by atoms with E-state index < -0.39 is 40.2 Å². The number of sulfonamides is 1. The van der Waals surface area contributed by atoms with Gasteiger partial charge in [-0.15, -0.1) is 0 Å². The molecule has 0 heterocycles. The molecule has 0 spiro atoms. The van der Waals surface area contributed by atoms with E-state index in [9.17, 15) is 22.4 Å². The number of nitrogens with one attached hydrogen (secondary N) is 1. The SMILES string of the molecule is COCCNC(=O)[C@@H](c1ccccc1)N(Cc1ccc(F)cc1)C(=O)CN(C)S(C)(=O)=O. The third-order valence-electron chi connectivity index (χ3n) is 4.79. The zero-order valence-corrected chi connectivity index (χ0v) is 19.1. The molecule has 0 saturated heterocycles. The van der Waals surface area contributed by atoms with E-state index in [-0.39, 0.29) is 19.7 Å². The number of nitrogens with zero attached hydrogens (tertiary/aromatic N) is 2. The van der Waals surface area contributed by atoms with Gasteiger partial charge in [0.25, 0.3) is 0 Å². The molecule has 32 heavy (non-hydrogen) atoms. The molecule has 0 aliphatic carbocycles. The van der Waals surface area contributed by atoms with Crippen LogP contribution < -0.4 is 5.32 Å². The quantitative estimate of drug-likeness (QED) is 0.508. The molecule has 10 heteroatoms. The van der Waals surface area contributed by atoms with Gasteiger partial charge in [0.15, 0.2) is 0 Å². The summed E-state index contributed by atoms with van der Waals surface area (Å²) in [6.45, 7) is 0.0547. The number of amides is 2. The molecule has 2 amide bonds. The predicted molar refractivity (Wildman–Crippen MR) is 118 cm³/mol. The molecule has 2 aromatic rings. The molecular formula is C22H28FN3O5S. The van der Waals surface area contributed by atoms with Gasteiger partial charge in [0, 0.05) is 27.2 Å². The van der Waals surface area contributed by atoms with Crippen LogP contribution in [-0.2, 0) is 30.9 Å². The standard InChI is InChI=1S/C22H28FN3O5S/c1-25(32(3,29)30)16-20(27)26(15-17-9-11-19(23)12-10-17)21(18-7-5-4-6-8-18)22(28)24-13-14-31-2/h4-12,21H,13-16H2,1-3H3,(H,24,28)/t21-/m1/s1. The molecule has 0 fully saturated rings. The Morgan fingerprint density at radius 1 is 1.09 bits per heavy atom. The Bertz CT molecular complexity index is 1000. The minimum Gasteiger partial charge on any atom is -0.383 e. The van der Waals surface area contributed by atoms with Crippen LogP contribution in [0.1, 0.15) is 17.2 Å². The van der Waals surface area contributed by atoms with Crippen molar-refractivity contribution in [3.8, 4) is 0 Å². The van der Waals surface area contributed by atoms with Crippen LogP contribution in [0.15, 0.2) is 54.6 Å². The Balaban J connectivity index is 2.45. The first-order valence-electron chi connectivity index (χ1n) is 9.90. The average Bonchev–Trinajstić information content (AvgIpc) is 2.75. The number of methoxy groups -OCH3 is 1. The molecule has 0 aromatic heterocycles. The third kappa shape index (κ3) is 7.40. The number of likely N-dealkylation sites (N-methyl/N-ethyl adjacent to an activating group) is 1. The Labute approximate surface area is 188 Å². The van der Waals surface area contributed by atoms with E-state index in [0.717, 1.165) is 10.6 Å². The van der Waals surface area contributed by atoms with E-state index in [1.165, 1.54) is 43.3 Å². The Morgan fingerprint density at radius 2 is 1.72 bits per heavy atom. The van der Waals surface area contributed by atoms with Crippen molar-refractivity contribution in [2.24, 2.45) is 0 Å². The van der Waals surface area contributed by atoms with Crippen molar-refractivity contribution in [3.05, 3.63) is 71.5 Å². The Kier molecular flexibility index (Phi) is 9.30. The van der Waals surface area contributed by atoms with Crippen molar-refractivity contribution < 1.29 is 27.1 Å². The summed E-state index contributed by atoms with van der Waals surface area (Å²) in [4.78, 5) is 27.7.